The van der Waals surface area contributed by atoms with E-state index in [4.69, 9.17) is 0 Å². The van der Waals surface area contributed by atoms with Crippen molar-refractivity contribution in [3.8, 4) is 11.1 Å². The highest BCUT2D eigenvalue weighted by molar-refractivity contribution is 7.99. The van der Waals surface area contributed by atoms with E-state index in [0.29, 0.717) is 21.9 Å². The molecule has 2 heterocycles. The van der Waals surface area contributed by atoms with Gasteiger partial charge in [-0.05, 0) is 12.0 Å². The number of thioether (sulfide) groups is 1. The lowest BCUT2D eigenvalue weighted by molar-refractivity contribution is -0.118. The van der Waals surface area contributed by atoms with Crippen LogP contribution in [0.2, 0.25) is 0 Å². The number of hydrogen-bond acceptors (Lipinski definition) is 5. The molecule has 0 saturated carbocycles. The van der Waals surface area contributed by atoms with Gasteiger partial charge in [-0.15, -0.1) is 11.3 Å². The number of carbonyl (C=O) groups is 1. The average Bonchev–Trinajstić information content (AvgIpc) is 3.05. The molecule has 3 aromatic rings. The third kappa shape index (κ3) is 4.29. The van der Waals surface area contributed by atoms with Crippen LogP contribution in [0.25, 0.3) is 21.3 Å². The Hall–Kier alpha value is -2.12. The second kappa shape index (κ2) is 8.31. The van der Waals surface area contributed by atoms with Crippen LogP contribution >= 0.6 is 23.1 Å². The number of H-pyrrole nitrogens is 1. The molecule has 0 aliphatic carbocycles. The minimum atomic E-state index is -0.168. The van der Waals surface area contributed by atoms with Crippen LogP contribution < -0.4 is 10.9 Å². The Balaban J connectivity index is 1.77. The Bertz CT molecular complexity index is 919. The predicted octanol–water partition coefficient (Wildman–Crippen LogP) is 3.66. The number of amides is 1. The molecule has 0 bridgehead atoms. The molecule has 0 aliphatic rings. The molecular weight excluding hydrogens is 354 g/mol. The maximum Gasteiger partial charge on any atom is 0.260 e. The van der Waals surface area contributed by atoms with E-state index in [1.54, 1.807) is 0 Å². The maximum atomic E-state index is 12.5. The van der Waals surface area contributed by atoms with Crippen molar-refractivity contribution >= 4 is 39.2 Å². The molecule has 3 rings (SSSR count). The molecule has 0 saturated heterocycles. The SMILES string of the molecule is CCCCNC(=O)CSc1nc2scc(-c3ccccc3)c2c(=O)[nH]1. The number of rotatable bonds is 7. The normalized spacial score (nSPS) is 10.9. The van der Waals surface area contributed by atoms with Gasteiger partial charge in [0.1, 0.15) is 4.83 Å². The van der Waals surface area contributed by atoms with Crippen LogP contribution in [0, 0.1) is 0 Å². The van der Waals surface area contributed by atoms with Crippen molar-refractivity contribution in [3.63, 3.8) is 0 Å². The van der Waals surface area contributed by atoms with Gasteiger partial charge >= 0.3 is 0 Å². The molecule has 1 amide bonds. The van der Waals surface area contributed by atoms with Gasteiger partial charge in [0.05, 0.1) is 11.1 Å². The fourth-order valence-corrected chi connectivity index (χ4v) is 4.11. The quantitative estimate of drug-likeness (QED) is 0.376. The third-order valence-corrected chi connectivity index (χ3v) is 5.45. The summed E-state index contributed by atoms with van der Waals surface area (Å²) in [5.74, 6) is 0.201. The van der Waals surface area contributed by atoms with E-state index in [1.807, 2.05) is 35.7 Å². The van der Waals surface area contributed by atoms with Crippen molar-refractivity contribution in [2.75, 3.05) is 12.3 Å². The molecular formula is C18H19N3O2S2. The van der Waals surface area contributed by atoms with Crippen LogP contribution in [-0.4, -0.2) is 28.2 Å². The molecule has 0 atom stereocenters. The minimum Gasteiger partial charge on any atom is -0.355 e. The lowest BCUT2D eigenvalue weighted by atomic mass is 10.1. The van der Waals surface area contributed by atoms with Crippen LogP contribution in [0.1, 0.15) is 19.8 Å². The summed E-state index contributed by atoms with van der Waals surface area (Å²) in [7, 11) is 0. The van der Waals surface area contributed by atoms with Crippen LogP contribution in [0.5, 0.6) is 0 Å². The van der Waals surface area contributed by atoms with Gasteiger partial charge in [0.15, 0.2) is 5.16 Å². The zero-order valence-corrected chi connectivity index (χ0v) is 15.5. The van der Waals surface area contributed by atoms with E-state index in [2.05, 4.69) is 22.2 Å². The van der Waals surface area contributed by atoms with Crippen molar-refractivity contribution in [1.29, 1.82) is 0 Å². The number of fused-ring (bicyclic) bond motifs is 1. The average molecular weight is 374 g/mol. The first kappa shape index (κ1) is 17.7. The number of thiophene rings is 1. The molecule has 2 N–H and O–H groups in total. The molecule has 130 valence electrons. The van der Waals surface area contributed by atoms with Gasteiger partial charge in [-0.25, -0.2) is 4.98 Å². The first-order valence-electron chi connectivity index (χ1n) is 8.15. The topological polar surface area (TPSA) is 74.8 Å². The first-order valence-corrected chi connectivity index (χ1v) is 10.0. The fourth-order valence-electron chi connectivity index (χ4n) is 2.42. The second-order valence-electron chi connectivity index (χ2n) is 5.56. The highest BCUT2D eigenvalue weighted by Crippen LogP contribution is 2.31. The number of unbranched alkanes of at least 4 members (excludes halogenated alkanes) is 1. The van der Waals surface area contributed by atoms with Crippen LogP contribution in [0.3, 0.4) is 0 Å². The smallest absolute Gasteiger partial charge is 0.260 e. The van der Waals surface area contributed by atoms with Crippen molar-refractivity contribution in [2.24, 2.45) is 0 Å². The monoisotopic (exact) mass is 373 g/mol. The lowest BCUT2D eigenvalue weighted by Gasteiger charge is -2.04. The molecule has 2 aromatic heterocycles. The van der Waals surface area contributed by atoms with Crippen molar-refractivity contribution in [1.82, 2.24) is 15.3 Å². The molecule has 0 unspecified atom stereocenters. The Morgan fingerprint density at radius 3 is 2.88 bits per heavy atom. The zero-order chi connectivity index (χ0) is 17.6. The molecule has 7 heteroatoms. The van der Waals surface area contributed by atoms with E-state index in [9.17, 15) is 9.59 Å². The van der Waals surface area contributed by atoms with Crippen molar-refractivity contribution in [2.45, 2.75) is 24.9 Å². The molecule has 0 aliphatic heterocycles. The Kier molecular flexibility index (Phi) is 5.88. The molecule has 1 aromatic carbocycles. The Morgan fingerprint density at radius 2 is 2.12 bits per heavy atom. The summed E-state index contributed by atoms with van der Waals surface area (Å²) >= 11 is 2.69. The molecule has 0 spiro atoms. The molecule has 5 nitrogen and oxygen atoms in total. The lowest BCUT2D eigenvalue weighted by Crippen LogP contribution is -2.26. The summed E-state index contributed by atoms with van der Waals surface area (Å²) in [5.41, 5.74) is 1.72. The number of nitrogens with one attached hydrogen (secondary N) is 2. The molecule has 25 heavy (non-hydrogen) atoms. The first-order chi connectivity index (χ1) is 12.2. The van der Waals surface area contributed by atoms with E-state index < -0.39 is 0 Å². The molecule has 0 fully saturated rings. The van der Waals surface area contributed by atoms with Crippen molar-refractivity contribution in [3.05, 3.63) is 46.1 Å². The number of hydrogen-bond donors (Lipinski definition) is 2. The van der Waals surface area contributed by atoms with Crippen LogP contribution in [0.15, 0.2) is 45.7 Å². The van der Waals surface area contributed by atoms with Gasteiger partial charge in [0.25, 0.3) is 5.56 Å². The number of carbonyl (C=O) groups excluding carboxylic acids is 1. The number of nitrogens with zero attached hydrogens (tertiary/aromatic N) is 1. The minimum absolute atomic E-state index is 0.0441. The van der Waals surface area contributed by atoms with Gasteiger partial charge < -0.3 is 10.3 Å². The van der Waals surface area contributed by atoms with Crippen LogP contribution in [-0.2, 0) is 4.79 Å². The van der Waals surface area contributed by atoms with E-state index >= 15 is 0 Å². The van der Waals surface area contributed by atoms with Crippen LogP contribution in [0.4, 0.5) is 0 Å². The van der Waals surface area contributed by atoms with Gasteiger partial charge in [-0.1, -0.05) is 55.4 Å². The van der Waals surface area contributed by atoms with E-state index in [0.717, 1.165) is 24.0 Å². The second-order valence-corrected chi connectivity index (χ2v) is 7.38. The highest BCUT2D eigenvalue weighted by Gasteiger charge is 2.13. The predicted molar refractivity (Wildman–Crippen MR) is 104 cm³/mol. The van der Waals surface area contributed by atoms with Gasteiger partial charge in [0, 0.05) is 17.5 Å². The Morgan fingerprint density at radius 1 is 1.32 bits per heavy atom. The maximum absolute atomic E-state index is 12.5. The van der Waals surface area contributed by atoms with Gasteiger partial charge in [-0.3, -0.25) is 9.59 Å². The Labute approximate surface area is 153 Å². The summed E-state index contributed by atoms with van der Waals surface area (Å²) in [5, 5.41) is 5.89. The summed E-state index contributed by atoms with van der Waals surface area (Å²) in [6.07, 6.45) is 2.01. The van der Waals surface area contributed by atoms with Crippen molar-refractivity contribution < 1.29 is 4.79 Å². The van der Waals surface area contributed by atoms with E-state index in [-0.39, 0.29) is 17.2 Å². The fraction of sp³-hybridized carbons (Fsp3) is 0.278. The summed E-state index contributed by atoms with van der Waals surface area (Å²) in [6, 6.07) is 9.79. The summed E-state index contributed by atoms with van der Waals surface area (Å²) in [4.78, 5) is 32.3. The zero-order valence-electron chi connectivity index (χ0n) is 13.9. The number of aromatic amines is 1. The highest BCUT2D eigenvalue weighted by atomic mass is 32.2. The number of benzene rings is 1. The van der Waals surface area contributed by atoms with Gasteiger partial charge in [0.2, 0.25) is 5.91 Å². The summed E-state index contributed by atoms with van der Waals surface area (Å²) in [6.45, 7) is 2.76. The summed E-state index contributed by atoms with van der Waals surface area (Å²) < 4.78 is 0. The third-order valence-electron chi connectivity index (χ3n) is 3.70. The number of aromatic nitrogens is 2. The largest absolute Gasteiger partial charge is 0.355 e. The van der Waals surface area contributed by atoms with E-state index in [1.165, 1.54) is 23.1 Å². The molecule has 0 radical (unpaired) electrons. The van der Waals surface area contributed by atoms with Gasteiger partial charge in [-0.2, -0.15) is 0 Å². The standard InChI is InChI=1S/C18H19N3O2S2/c1-2-3-9-19-14(22)11-25-18-20-16(23)15-13(10-24-17(15)21-18)12-7-5-4-6-8-12/h4-8,10H,2-3,9,11H2,1H3,(H,19,22)(H,20,21,23).